The van der Waals surface area contributed by atoms with Crippen LogP contribution < -0.4 is 10.6 Å². The topological polar surface area (TPSA) is 29.3 Å². The Kier molecular flexibility index (Phi) is 4.73. The van der Waals surface area contributed by atoms with Crippen molar-refractivity contribution in [3.63, 3.8) is 0 Å². The van der Waals surface area contributed by atoms with Crippen molar-refractivity contribution in [2.24, 2.45) is 5.73 Å². The van der Waals surface area contributed by atoms with E-state index < -0.39 is 0 Å². The number of nitrogens with two attached hydrogens (primary N) is 1. The van der Waals surface area contributed by atoms with E-state index in [0.717, 1.165) is 21.3 Å². The van der Waals surface area contributed by atoms with Crippen LogP contribution in [0, 0.1) is 5.82 Å². The summed E-state index contributed by atoms with van der Waals surface area (Å²) in [7, 11) is 1.95. The van der Waals surface area contributed by atoms with Gasteiger partial charge in [-0.25, -0.2) is 4.39 Å². The molecule has 104 valence electrons. The van der Waals surface area contributed by atoms with Gasteiger partial charge in [0.2, 0.25) is 0 Å². The average molecular weight is 353 g/mol. The minimum absolute atomic E-state index is 0.258. The van der Waals surface area contributed by atoms with Gasteiger partial charge in [0.15, 0.2) is 0 Å². The van der Waals surface area contributed by atoms with E-state index in [-0.39, 0.29) is 5.82 Å². The van der Waals surface area contributed by atoms with E-state index in [9.17, 15) is 4.39 Å². The molecule has 2 rings (SSSR count). The molecule has 0 bridgehead atoms. The van der Waals surface area contributed by atoms with Gasteiger partial charge in [0.1, 0.15) is 10.8 Å². The molecule has 0 atom stereocenters. The Morgan fingerprint density at radius 3 is 2.65 bits per heavy atom. The van der Waals surface area contributed by atoms with Crippen LogP contribution in [0.2, 0.25) is 0 Å². The summed E-state index contributed by atoms with van der Waals surface area (Å²) < 4.78 is 13.8. The first-order valence-electron chi connectivity index (χ1n) is 6.03. The van der Waals surface area contributed by atoms with Crippen molar-refractivity contribution in [1.29, 1.82) is 0 Å². The summed E-state index contributed by atoms with van der Waals surface area (Å²) in [6, 6.07) is 12.4. The molecular formula is C15H14BrFN2S. The summed E-state index contributed by atoms with van der Waals surface area (Å²) >= 11 is 8.45. The first-order valence-corrected chi connectivity index (χ1v) is 7.23. The standard InChI is InChI=1S/C15H14BrFN2S/c1-19(9-10-6-7-11(17)8-13(10)16)14-5-3-2-4-12(14)15(18)20/h2-8H,9H2,1H3,(H2,18,20). The third-order valence-corrected chi connectivity index (χ3v) is 3.96. The summed E-state index contributed by atoms with van der Waals surface area (Å²) in [5, 5.41) is 0. The fourth-order valence-corrected chi connectivity index (χ4v) is 2.65. The second kappa shape index (κ2) is 6.33. The van der Waals surface area contributed by atoms with Crippen molar-refractivity contribution in [2.75, 3.05) is 11.9 Å². The van der Waals surface area contributed by atoms with Gasteiger partial charge in [-0.05, 0) is 29.8 Å². The molecule has 0 spiro atoms. The second-order valence-electron chi connectivity index (χ2n) is 4.47. The Morgan fingerprint density at radius 2 is 2.00 bits per heavy atom. The predicted octanol–water partition coefficient (Wildman–Crippen LogP) is 3.86. The third kappa shape index (κ3) is 3.35. The molecule has 5 heteroatoms. The van der Waals surface area contributed by atoms with Gasteiger partial charge in [-0.15, -0.1) is 0 Å². The Morgan fingerprint density at radius 1 is 1.30 bits per heavy atom. The Hall–Kier alpha value is -1.46. The van der Waals surface area contributed by atoms with Gasteiger partial charge in [0.25, 0.3) is 0 Å². The van der Waals surface area contributed by atoms with Gasteiger partial charge >= 0.3 is 0 Å². The lowest BCUT2D eigenvalue weighted by atomic mass is 10.1. The normalized spacial score (nSPS) is 10.3. The third-order valence-electron chi connectivity index (χ3n) is 3.00. The fraction of sp³-hybridized carbons (Fsp3) is 0.133. The molecule has 0 saturated heterocycles. The van der Waals surface area contributed by atoms with E-state index >= 15 is 0 Å². The molecule has 0 aliphatic rings. The molecule has 0 fully saturated rings. The molecule has 0 unspecified atom stereocenters. The van der Waals surface area contributed by atoms with Gasteiger partial charge in [-0.2, -0.15) is 0 Å². The van der Waals surface area contributed by atoms with E-state index in [1.165, 1.54) is 12.1 Å². The van der Waals surface area contributed by atoms with Crippen LogP contribution in [0.5, 0.6) is 0 Å². The molecule has 0 radical (unpaired) electrons. The van der Waals surface area contributed by atoms with Gasteiger partial charge < -0.3 is 10.6 Å². The number of anilines is 1. The van der Waals surface area contributed by atoms with Crippen LogP contribution in [-0.2, 0) is 6.54 Å². The van der Waals surface area contributed by atoms with Crippen LogP contribution in [0.25, 0.3) is 0 Å². The maximum atomic E-state index is 13.1. The lowest BCUT2D eigenvalue weighted by molar-refractivity contribution is 0.625. The smallest absolute Gasteiger partial charge is 0.124 e. The summed E-state index contributed by atoms with van der Waals surface area (Å²) in [4.78, 5) is 2.40. The highest BCUT2D eigenvalue weighted by molar-refractivity contribution is 9.10. The summed E-state index contributed by atoms with van der Waals surface area (Å²) in [5.41, 5.74) is 8.52. The van der Waals surface area contributed by atoms with Crippen LogP contribution in [0.4, 0.5) is 10.1 Å². The molecule has 2 N–H and O–H groups in total. The molecule has 20 heavy (non-hydrogen) atoms. The largest absolute Gasteiger partial charge is 0.389 e. The monoisotopic (exact) mass is 352 g/mol. The number of rotatable bonds is 4. The van der Waals surface area contributed by atoms with Crippen LogP contribution in [0.15, 0.2) is 46.9 Å². The van der Waals surface area contributed by atoms with Crippen molar-refractivity contribution in [2.45, 2.75) is 6.54 Å². The quantitative estimate of drug-likeness (QED) is 0.847. The Labute approximate surface area is 131 Å². The van der Waals surface area contributed by atoms with Crippen LogP contribution in [0.1, 0.15) is 11.1 Å². The van der Waals surface area contributed by atoms with Crippen molar-refractivity contribution >= 4 is 38.8 Å². The molecule has 0 aromatic heterocycles. The Balaban J connectivity index is 2.28. The summed E-state index contributed by atoms with van der Waals surface area (Å²) in [6.45, 7) is 0.625. The van der Waals surface area contributed by atoms with Crippen LogP contribution in [-0.4, -0.2) is 12.0 Å². The van der Waals surface area contributed by atoms with Crippen molar-refractivity contribution in [1.82, 2.24) is 0 Å². The first kappa shape index (κ1) is 14.9. The number of para-hydroxylation sites is 1. The number of thiocarbonyl (C=S) groups is 1. The number of hydrogen-bond donors (Lipinski definition) is 1. The van der Waals surface area contributed by atoms with Gasteiger partial charge in [-0.3, -0.25) is 0 Å². The highest BCUT2D eigenvalue weighted by Gasteiger charge is 2.11. The molecular weight excluding hydrogens is 339 g/mol. The van der Waals surface area contributed by atoms with Gasteiger partial charge in [0.05, 0.1) is 0 Å². The molecule has 2 nitrogen and oxygen atoms in total. The highest BCUT2D eigenvalue weighted by atomic mass is 79.9. The zero-order valence-corrected chi connectivity index (χ0v) is 13.3. The number of benzene rings is 2. The van der Waals surface area contributed by atoms with Crippen molar-refractivity contribution in [3.05, 3.63) is 63.9 Å². The summed E-state index contributed by atoms with van der Waals surface area (Å²) in [5.74, 6) is -0.258. The number of nitrogens with zero attached hydrogens (tertiary/aromatic N) is 1. The molecule has 2 aromatic rings. The minimum atomic E-state index is -0.258. The molecule has 0 amide bonds. The van der Waals surface area contributed by atoms with E-state index in [1.807, 2.05) is 36.2 Å². The van der Waals surface area contributed by atoms with E-state index in [1.54, 1.807) is 6.07 Å². The van der Waals surface area contributed by atoms with E-state index in [4.69, 9.17) is 18.0 Å². The molecule has 0 aliphatic carbocycles. The minimum Gasteiger partial charge on any atom is -0.389 e. The molecule has 0 aliphatic heterocycles. The van der Waals surface area contributed by atoms with Crippen molar-refractivity contribution in [3.8, 4) is 0 Å². The number of hydrogen-bond acceptors (Lipinski definition) is 2. The van der Waals surface area contributed by atoms with E-state index in [0.29, 0.717) is 11.5 Å². The maximum absolute atomic E-state index is 13.1. The predicted molar refractivity (Wildman–Crippen MR) is 88.5 cm³/mol. The maximum Gasteiger partial charge on any atom is 0.124 e. The summed E-state index contributed by atoms with van der Waals surface area (Å²) in [6.07, 6.45) is 0. The van der Waals surface area contributed by atoms with Crippen LogP contribution >= 0.6 is 28.1 Å². The number of halogens is 2. The zero-order chi connectivity index (χ0) is 14.7. The van der Waals surface area contributed by atoms with E-state index in [2.05, 4.69) is 15.9 Å². The average Bonchev–Trinajstić information content (AvgIpc) is 2.41. The van der Waals surface area contributed by atoms with Crippen LogP contribution in [0.3, 0.4) is 0 Å². The zero-order valence-electron chi connectivity index (χ0n) is 10.9. The van der Waals surface area contributed by atoms with Crippen molar-refractivity contribution < 1.29 is 4.39 Å². The lowest BCUT2D eigenvalue weighted by Crippen LogP contribution is -2.21. The van der Waals surface area contributed by atoms with Gasteiger partial charge in [-0.1, -0.05) is 46.3 Å². The Bertz CT molecular complexity index is 646. The fourth-order valence-electron chi connectivity index (χ4n) is 2.01. The molecule has 0 heterocycles. The SMILES string of the molecule is CN(Cc1ccc(F)cc1Br)c1ccccc1C(N)=S. The highest BCUT2D eigenvalue weighted by Crippen LogP contribution is 2.24. The molecule has 0 saturated carbocycles. The molecule has 2 aromatic carbocycles. The first-order chi connectivity index (χ1) is 9.49. The lowest BCUT2D eigenvalue weighted by Gasteiger charge is -2.22. The second-order valence-corrected chi connectivity index (χ2v) is 5.77. The van der Waals surface area contributed by atoms with Gasteiger partial charge in [0, 0.05) is 29.3 Å².